The van der Waals surface area contributed by atoms with Crippen molar-refractivity contribution in [3.05, 3.63) is 56.2 Å². The summed E-state index contributed by atoms with van der Waals surface area (Å²) in [6.45, 7) is 0. The number of aryl methyl sites for hydroxylation is 1. The van der Waals surface area contributed by atoms with Gasteiger partial charge in [-0.25, -0.2) is 0 Å². The topological polar surface area (TPSA) is 26.0 Å². The Bertz CT molecular complexity index is 476. The van der Waals surface area contributed by atoms with Crippen molar-refractivity contribution in [2.75, 3.05) is 0 Å². The van der Waals surface area contributed by atoms with Crippen LogP contribution in [0.15, 0.2) is 35.7 Å². The first-order valence-corrected chi connectivity index (χ1v) is 7.51. The zero-order valence-corrected chi connectivity index (χ0v) is 12.2. The predicted octanol–water partition coefficient (Wildman–Crippen LogP) is 4.56. The van der Waals surface area contributed by atoms with Gasteiger partial charge in [-0.05, 0) is 48.4 Å². The van der Waals surface area contributed by atoms with Gasteiger partial charge in [0, 0.05) is 21.0 Å². The Morgan fingerprint density at radius 2 is 1.83 bits per heavy atom. The fourth-order valence-electron chi connectivity index (χ4n) is 1.87. The Kier molecular flexibility index (Phi) is 5.07. The van der Waals surface area contributed by atoms with Gasteiger partial charge in [0.2, 0.25) is 0 Å². The van der Waals surface area contributed by atoms with Crippen molar-refractivity contribution in [1.29, 1.82) is 0 Å². The molecule has 18 heavy (non-hydrogen) atoms. The molecule has 0 fully saturated rings. The molecule has 1 atom stereocenters. The third-order valence-electron chi connectivity index (χ3n) is 2.87. The van der Waals surface area contributed by atoms with E-state index < -0.39 is 0 Å². The Morgan fingerprint density at radius 1 is 1.11 bits per heavy atom. The normalized spacial score (nSPS) is 12.6. The van der Waals surface area contributed by atoms with Crippen molar-refractivity contribution in [2.45, 2.75) is 25.3 Å². The molecule has 2 rings (SSSR count). The molecule has 0 aliphatic carbocycles. The van der Waals surface area contributed by atoms with Crippen LogP contribution in [0.5, 0.6) is 0 Å². The van der Waals surface area contributed by atoms with Crippen LogP contribution in [0, 0.1) is 0 Å². The summed E-state index contributed by atoms with van der Waals surface area (Å²) in [4.78, 5) is 1.37. The molecule has 0 saturated carbocycles. The first-order valence-electron chi connectivity index (χ1n) is 5.87. The van der Waals surface area contributed by atoms with E-state index in [1.165, 1.54) is 4.88 Å². The number of rotatable bonds is 5. The van der Waals surface area contributed by atoms with Crippen molar-refractivity contribution in [1.82, 2.24) is 0 Å². The van der Waals surface area contributed by atoms with E-state index in [1.807, 2.05) is 18.2 Å². The molecule has 0 amide bonds. The summed E-state index contributed by atoms with van der Waals surface area (Å²) < 4.78 is 0. The van der Waals surface area contributed by atoms with Gasteiger partial charge in [-0.3, -0.25) is 0 Å². The minimum atomic E-state index is 0.0875. The first kappa shape index (κ1) is 13.9. The van der Waals surface area contributed by atoms with E-state index in [1.54, 1.807) is 11.3 Å². The Morgan fingerprint density at radius 3 is 2.44 bits per heavy atom. The van der Waals surface area contributed by atoms with E-state index in [-0.39, 0.29) is 6.04 Å². The fraction of sp³-hybridized carbons (Fsp3) is 0.286. The third-order valence-corrected chi connectivity index (χ3v) is 4.51. The lowest BCUT2D eigenvalue weighted by atomic mass is 10.0. The van der Waals surface area contributed by atoms with Crippen LogP contribution in [-0.2, 0) is 12.8 Å². The van der Waals surface area contributed by atoms with Crippen LogP contribution in [0.4, 0.5) is 0 Å². The van der Waals surface area contributed by atoms with Gasteiger partial charge in [0.05, 0.1) is 0 Å². The molecule has 0 aliphatic rings. The van der Waals surface area contributed by atoms with E-state index >= 15 is 0 Å². The SMILES string of the molecule is NC(CCc1cccs1)Cc1c(Cl)cccc1Cl. The molecule has 2 aromatic rings. The second-order valence-electron chi connectivity index (χ2n) is 4.28. The number of nitrogens with two attached hydrogens (primary N) is 1. The van der Waals surface area contributed by atoms with Gasteiger partial charge in [-0.1, -0.05) is 35.3 Å². The van der Waals surface area contributed by atoms with Crippen molar-refractivity contribution in [3.63, 3.8) is 0 Å². The summed E-state index contributed by atoms with van der Waals surface area (Å²) in [7, 11) is 0. The summed E-state index contributed by atoms with van der Waals surface area (Å²) in [5.74, 6) is 0. The molecular weight excluding hydrogens is 285 g/mol. The molecule has 4 heteroatoms. The average molecular weight is 300 g/mol. The lowest BCUT2D eigenvalue weighted by Gasteiger charge is -2.13. The second kappa shape index (κ2) is 6.58. The lowest BCUT2D eigenvalue weighted by molar-refractivity contribution is 0.613. The van der Waals surface area contributed by atoms with Crippen LogP contribution >= 0.6 is 34.5 Å². The highest BCUT2D eigenvalue weighted by Gasteiger charge is 2.11. The highest BCUT2D eigenvalue weighted by atomic mass is 35.5. The van der Waals surface area contributed by atoms with E-state index in [9.17, 15) is 0 Å². The first-order chi connectivity index (χ1) is 8.66. The van der Waals surface area contributed by atoms with Crippen LogP contribution in [-0.4, -0.2) is 6.04 Å². The number of hydrogen-bond acceptors (Lipinski definition) is 2. The van der Waals surface area contributed by atoms with E-state index in [4.69, 9.17) is 28.9 Å². The largest absolute Gasteiger partial charge is 0.327 e. The second-order valence-corrected chi connectivity index (χ2v) is 6.13. The Balaban J connectivity index is 1.92. The number of halogens is 2. The maximum atomic E-state index is 6.15. The molecule has 1 aromatic heterocycles. The number of hydrogen-bond donors (Lipinski definition) is 1. The average Bonchev–Trinajstić information content (AvgIpc) is 2.84. The predicted molar refractivity (Wildman–Crippen MR) is 80.8 cm³/mol. The highest BCUT2D eigenvalue weighted by molar-refractivity contribution is 7.09. The van der Waals surface area contributed by atoms with Gasteiger partial charge < -0.3 is 5.73 Å². The zero-order chi connectivity index (χ0) is 13.0. The minimum absolute atomic E-state index is 0.0875. The van der Waals surface area contributed by atoms with Gasteiger partial charge >= 0.3 is 0 Å². The van der Waals surface area contributed by atoms with Gasteiger partial charge in [0.1, 0.15) is 0 Å². The Labute approximate surface area is 122 Å². The molecule has 1 heterocycles. The molecule has 0 radical (unpaired) electrons. The summed E-state index contributed by atoms with van der Waals surface area (Å²) in [5.41, 5.74) is 7.11. The van der Waals surface area contributed by atoms with Crippen LogP contribution in [0.3, 0.4) is 0 Å². The third kappa shape index (κ3) is 3.72. The van der Waals surface area contributed by atoms with Crippen molar-refractivity contribution >= 4 is 34.5 Å². The number of thiophene rings is 1. The zero-order valence-electron chi connectivity index (χ0n) is 9.90. The fourth-order valence-corrected chi connectivity index (χ4v) is 3.15. The van der Waals surface area contributed by atoms with Crippen LogP contribution in [0.1, 0.15) is 16.9 Å². The van der Waals surface area contributed by atoms with Crippen LogP contribution in [0.25, 0.3) is 0 Å². The molecule has 0 saturated heterocycles. The van der Waals surface area contributed by atoms with Gasteiger partial charge in [-0.15, -0.1) is 11.3 Å². The minimum Gasteiger partial charge on any atom is -0.327 e. The molecule has 1 unspecified atom stereocenters. The smallest absolute Gasteiger partial charge is 0.0453 e. The summed E-state index contributed by atoms with van der Waals surface area (Å²) in [6, 6.07) is 9.86. The number of benzene rings is 1. The van der Waals surface area contributed by atoms with Crippen molar-refractivity contribution < 1.29 is 0 Å². The molecular formula is C14H15Cl2NS. The maximum Gasteiger partial charge on any atom is 0.0453 e. The van der Waals surface area contributed by atoms with Crippen LogP contribution in [0.2, 0.25) is 10.0 Å². The van der Waals surface area contributed by atoms with Gasteiger partial charge in [0.15, 0.2) is 0 Å². The lowest BCUT2D eigenvalue weighted by Crippen LogP contribution is -2.23. The molecule has 1 aromatic carbocycles. The molecule has 0 aliphatic heterocycles. The monoisotopic (exact) mass is 299 g/mol. The van der Waals surface area contributed by atoms with Crippen molar-refractivity contribution in [3.8, 4) is 0 Å². The molecule has 0 spiro atoms. The molecule has 96 valence electrons. The van der Waals surface area contributed by atoms with Gasteiger partial charge in [0.25, 0.3) is 0 Å². The van der Waals surface area contributed by atoms with E-state index in [0.29, 0.717) is 10.0 Å². The quantitative estimate of drug-likeness (QED) is 0.861. The highest BCUT2D eigenvalue weighted by Crippen LogP contribution is 2.26. The van der Waals surface area contributed by atoms with E-state index in [0.717, 1.165) is 24.8 Å². The van der Waals surface area contributed by atoms with Gasteiger partial charge in [-0.2, -0.15) is 0 Å². The standard InChI is InChI=1S/C14H15Cl2NS/c15-13-4-1-5-14(16)12(13)9-10(17)6-7-11-3-2-8-18-11/h1-5,8,10H,6-7,9,17H2. The van der Waals surface area contributed by atoms with Crippen molar-refractivity contribution in [2.24, 2.45) is 5.73 Å². The molecule has 1 nitrogen and oxygen atoms in total. The summed E-state index contributed by atoms with van der Waals surface area (Å²) in [6.07, 6.45) is 2.69. The van der Waals surface area contributed by atoms with E-state index in [2.05, 4.69) is 17.5 Å². The molecule has 0 bridgehead atoms. The summed E-state index contributed by atoms with van der Waals surface area (Å²) >= 11 is 14.0. The molecule has 2 N–H and O–H groups in total. The summed E-state index contributed by atoms with van der Waals surface area (Å²) in [5, 5.41) is 3.49. The maximum absolute atomic E-state index is 6.15. The van der Waals surface area contributed by atoms with Crippen LogP contribution < -0.4 is 5.73 Å². The Hall–Kier alpha value is -0.540.